The van der Waals surface area contributed by atoms with E-state index in [4.69, 9.17) is 4.74 Å². The number of benzene rings is 1. The summed E-state index contributed by atoms with van der Waals surface area (Å²) in [7, 11) is 1.64. The molecular weight excluding hydrogens is 314 g/mol. The van der Waals surface area contributed by atoms with E-state index in [-0.39, 0.29) is 5.91 Å². The smallest absolute Gasteiger partial charge is 0.251 e. The van der Waals surface area contributed by atoms with Crippen molar-refractivity contribution in [3.8, 4) is 16.9 Å². The van der Waals surface area contributed by atoms with Crippen LogP contribution in [0.1, 0.15) is 33.6 Å². The minimum Gasteiger partial charge on any atom is -0.497 e. The molecule has 5 heteroatoms. The Bertz CT molecular complexity index is 927. The molecule has 25 heavy (non-hydrogen) atoms. The number of nitrogens with zero attached hydrogens (tertiary/aromatic N) is 1. The average Bonchev–Trinajstić information content (AvgIpc) is 2.88. The number of rotatable bonds is 4. The van der Waals surface area contributed by atoms with Gasteiger partial charge in [0.05, 0.1) is 19.0 Å². The number of hydrogen-bond donors (Lipinski definition) is 2. The highest BCUT2D eigenvalue weighted by molar-refractivity contribution is 6.01. The predicted molar refractivity (Wildman–Crippen MR) is 96.7 cm³/mol. The highest BCUT2D eigenvalue weighted by atomic mass is 16.5. The highest BCUT2D eigenvalue weighted by Gasteiger charge is 2.23. The molecule has 1 aromatic rings. The summed E-state index contributed by atoms with van der Waals surface area (Å²) in [6, 6.07) is 9.65. The first-order valence-electron chi connectivity index (χ1n) is 8.33. The maximum absolute atomic E-state index is 12.8. The van der Waals surface area contributed by atoms with E-state index in [9.17, 15) is 4.79 Å². The lowest BCUT2D eigenvalue weighted by atomic mass is 10.0. The third-order valence-corrected chi connectivity index (χ3v) is 4.55. The fourth-order valence-corrected chi connectivity index (χ4v) is 3.34. The van der Waals surface area contributed by atoms with Gasteiger partial charge in [-0.15, -0.1) is 0 Å². The van der Waals surface area contributed by atoms with Gasteiger partial charge in [0.2, 0.25) is 0 Å². The zero-order chi connectivity index (χ0) is 17.2. The van der Waals surface area contributed by atoms with Crippen molar-refractivity contribution < 1.29 is 9.53 Å². The summed E-state index contributed by atoms with van der Waals surface area (Å²) in [5.74, 6) is 0.733. The lowest BCUT2D eigenvalue weighted by Gasteiger charge is -2.08. The Morgan fingerprint density at radius 1 is 1.36 bits per heavy atom. The van der Waals surface area contributed by atoms with E-state index in [1.807, 2.05) is 36.4 Å². The lowest BCUT2D eigenvalue weighted by molar-refractivity contribution is 0.0950. The molecule has 126 valence electrons. The van der Waals surface area contributed by atoms with Gasteiger partial charge in [0.15, 0.2) is 0 Å². The summed E-state index contributed by atoms with van der Waals surface area (Å²) < 4.78 is 5.23. The topological polar surface area (TPSA) is 67.0 Å². The Hall–Kier alpha value is -3.08. The largest absolute Gasteiger partial charge is 0.497 e. The van der Waals surface area contributed by atoms with Crippen LogP contribution < -0.4 is 10.1 Å². The Kier molecular flexibility index (Phi) is 3.98. The monoisotopic (exact) mass is 333 g/mol. The van der Waals surface area contributed by atoms with E-state index in [0.29, 0.717) is 6.54 Å². The van der Waals surface area contributed by atoms with Gasteiger partial charge in [-0.3, -0.25) is 9.89 Å². The standard InChI is InChI=1S/C20H19N3O2/c1-25-15-6-4-5-13(9-15)11-21-20(24)17-10-14-12-22-23-18-8-3-2-7-16(17)19(14)18/h3-6,8-10,12,23H,2,7,11H2,1H3,(H,21,24). The van der Waals surface area contributed by atoms with Crippen LogP contribution in [0.3, 0.4) is 0 Å². The maximum atomic E-state index is 12.8. The van der Waals surface area contributed by atoms with Crippen molar-refractivity contribution in [2.24, 2.45) is 0 Å². The molecule has 1 aliphatic heterocycles. The number of H-pyrrole nitrogens is 1. The molecule has 0 unspecified atom stereocenters. The molecule has 0 saturated carbocycles. The summed E-state index contributed by atoms with van der Waals surface area (Å²) in [5.41, 5.74) is 5.92. The Morgan fingerprint density at radius 2 is 2.28 bits per heavy atom. The van der Waals surface area contributed by atoms with Crippen molar-refractivity contribution in [2.45, 2.75) is 19.4 Å². The van der Waals surface area contributed by atoms with E-state index in [0.717, 1.165) is 52.1 Å². The molecule has 0 atom stereocenters. The molecule has 4 rings (SSSR count). The first-order chi connectivity index (χ1) is 12.3. The number of hydrogen-bond acceptors (Lipinski definition) is 3. The predicted octanol–water partition coefficient (Wildman–Crippen LogP) is 3.41. The van der Waals surface area contributed by atoms with Crippen LogP contribution in [0.25, 0.3) is 17.2 Å². The molecule has 0 bridgehead atoms. The molecule has 2 N–H and O–H groups in total. The highest BCUT2D eigenvalue weighted by Crippen LogP contribution is 2.36. The minimum atomic E-state index is -0.0538. The summed E-state index contributed by atoms with van der Waals surface area (Å²) >= 11 is 0. The number of carbonyl (C=O) groups excluding carboxylic acids is 1. The third kappa shape index (κ3) is 2.89. The molecule has 5 nitrogen and oxygen atoms in total. The van der Waals surface area contributed by atoms with Gasteiger partial charge in [-0.25, -0.2) is 0 Å². The Morgan fingerprint density at radius 3 is 3.16 bits per heavy atom. The minimum absolute atomic E-state index is 0.0538. The number of nitrogens with one attached hydrogen (secondary N) is 2. The molecule has 3 aliphatic rings. The Balaban J connectivity index is 1.60. The quantitative estimate of drug-likeness (QED) is 0.769. The molecule has 0 saturated heterocycles. The molecule has 0 aromatic heterocycles. The van der Waals surface area contributed by atoms with Crippen LogP contribution in [0, 0.1) is 0 Å². The molecule has 0 radical (unpaired) electrons. The molecule has 0 spiro atoms. The summed E-state index contributed by atoms with van der Waals surface area (Å²) in [6.45, 7) is 0.465. The summed E-state index contributed by atoms with van der Waals surface area (Å²) in [6.07, 6.45) is 7.71. The van der Waals surface area contributed by atoms with Gasteiger partial charge in [0.1, 0.15) is 5.75 Å². The Labute approximate surface area is 146 Å². The van der Waals surface area contributed by atoms with E-state index >= 15 is 0 Å². The fourth-order valence-electron chi connectivity index (χ4n) is 3.34. The lowest BCUT2D eigenvalue weighted by Crippen LogP contribution is -2.23. The number of allylic oxidation sites excluding steroid dienone is 1. The van der Waals surface area contributed by atoms with Crippen LogP contribution in [-0.2, 0) is 13.0 Å². The first-order valence-corrected chi connectivity index (χ1v) is 8.33. The zero-order valence-electron chi connectivity index (χ0n) is 14.0. The SMILES string of the molecule is COc1cccc(CNC(=O)c2cc3cn[nH]c4c-3c2CCC=C4)c1. The second kappa shape index (κ2) is 6.43. The van der Waals surface area contributed by atoms with Crippen molar-refractivity contribution in [1.29, 1.82) is 0 Å². The van der Waals surface area contributed by atoms with Crippen LogP contribution in [0.4, 0.5) is 0 Å². The van der Waals surface area contributed by atoms with Crippen LogP contribution in [0.15, 0.2) is 42.6 Å². The maximum Gasteiger partial charge on any atom is 0.251 e. The van der Waals surface area contributed by atoms with E-state index in [1.165, 1.54) is 0 Å². The van der Waals surface area contributed by atoms with Crippen molar-refractivity contribution >= 4 is 12.0 Å². The van der Waals surface area contributed by atoms with E-state index < -0.39 is 0 Å². The van der Waals surface area contributed by atoms with Gasteiger partial charge in [-0.2, -0.15) is 5.10 Å². The van der Waals surface area contributed by atoms with Crippen LogP contribution in [0.2, 0.25) is 0 Å². The van der Waals surface area contributed by atoms with Gasteiger partial charge in [-0.05, 0) is 48.2 Å². The molecule has 0 fully saturated rings. The summed E-state index contributed by atoms with van der Waals surface area (Å²) in [5, 5.41) is 10.2. The number of ether oxygens (including phenoxy) is 1. The number of carbonyl (C=O) groups is 1. The number of amides is 1. The number of methoxy groups -OCH3 is 1. The van der Waals surface area contributed by atoms with E-state index in [2.05, 4.69) is 21.6 Å². The average molecular weight is 333 g/mol. The van der Waals surface area contributed by atoms with Crippen LogP contribution >= 0.6 is 0 Å². The van der Waals surface area contributed by atoms with Crippen molar-refractivity contribution in [2.75, 3.05) is 7.11 Å². The van der Waals surface area contributed by atoms with Crippen molar-refractivity contribution in [1.82, 2.24) is 15.5 Å². The van der Waals surface area contributed by atoms with Crippen molar-refractivity contribution in [3.63, 3.8) is 0 Å². The third-order valence-electron chi connectivity index (χ3n) is 4.55. The molecular formula is C20H19N3O2. The zero-order valence-corrected chi connectivity index (χ0v) is 14.0. The summed E-state index contributed by atoms with van der Waals surface area (Å²) in [4.78, 5) is 12.8. The van der Waals surface area contributed by atoms with Crippen molar-refractivity contribution in [3.05, 3.63) is 65.0 Å². The van der Waals surface area contributed by atoms with Gasteiger partial charge >= 0.3 is 0 Å². The molecule has 2 aliphatic carbocycles. The molecule has 1 heterocycles. The van der Waals surface area contributed by atoms with Gasteiger partial charge < -0.3 is 10.1 Å². The molecule has 1 aromatic carbocycles. The molecule has 1 amide bonds. The first kappa shape index (κ1) is 15.4. The fraction of sp³-hybridized carbons (Fsp3) is 0.200. The van der Waals surface area contributed by atoms with Crippen LogP contribution in [-0.4, -0.2) is 23.2 Å². The second-order valence-corrected chi connectivity index (χ2v) is 6.13. The normalized spacial score (nSPS) is 12.8. The number of aromatic amines is 1. The van der Waals surface area contributed by atoms with Gasteiger partial charge in [-0.1, -0.05) is 18.2 Å². The van der Waals surface area contributed by atoms with E-state index in [1.54, 1.807) is 13.3 Å². The van der Waals surface area contributed by atoms with Gasteiger partial charge in [0.25, 0.3) is 5.91 Å². The number of aromatic nitrogens is 2. The second-order valence-electron chi connectivity index (χ2n) is 6.13. The van der Waals surface area contributed by atoms with Gasteiger partial charge in [0, 0.05) is 23.2 Å². The van der Waals surface area contributed by atoms with Crippen LogP contribution in [0.5, 0.6) is 5.75 Å².